The molecule has 0 aliphatic rings. The van der Waals surface area contributed by atoms with E-state index < -0.39 is 5.91 Å². The summed E-state index contributed by atoms with van der Waals surface area (Å²) in [5.41, 5.74) is 9.57. The average Bonchev–Trinajstić information content (AvgIpc) is 3.26. The van der Waals surface area contributed by atoms with Crippen molar-refractivity contribution in [3.63, 3.8) is 0 Å². The van der Waals surface area contributed by atoms with Gasteiger partial charge in [-0.2, -0.15) is 9.78 Å². The number of anilines is 1. The van der Waals surface area contributed by atoms with Gasteiger partial charge < -0.3 is 10.5 Å². The van der Waals surface area contributed by atoms with Crippen LogP contribution in [0.1, 0.15) is 28.8 Å². The van der Waals surface area contributed by atoms with Gasteiger partial charge in [0.15, 0.2) is 5.69 Å². The summed E-state index contributed by atoms with van der Waals surface area (Å²) in [5, 5.41) is 18.9. The summed E-state index contributed by atoms with van der Waals surface area (Å²) in [6.45, 7) is 1.75. The molecule has 0 atom stereocenters. The van der Waals surface area contributed by atoms with Crippen molar-refractivity contribution in [2.45, 2.75) is 13.5 Å². The Morgan fingerprint density at radius 2 is 2.27 bits per heavy atom. The molecule has 1 amide bonds. The molecule has 0 aromatic carbocycles. The Morgan fingerprint density at radius 3 is 2.92 bits per heavy atom. The van der Waals surface area contributed by atoms with E-state index in [1.165, 1.54) is 11.8 Å². The van der Waals surface area contributed by atoms with Gasteiger partial charge in [0, 0.05) is 13.3 Å². The average molecular weight is 357 g/mol. The molecule has 12 nitrogen and oxygen atoms in total. The number of nitrogens with zero attached hydrogens (tertiary/aromatic N) is 7. The maximum atomic E-state index is 12.4. The fourth-order valence-electron chi connectivity index (χ4n) is 2.07. The van der Waals surface area contributed by atoms with Gasteiger partial charge in [-0.3, -0.25) is 9.78 Å². The molecule has 0 fully saturated rings. The summed E-state index contributed by atoms with van der Waals surface area (Å²) < 4.78 is 10.9. The first-order valence-corrected chi connectivity index (χ1v) is 7.39. The number of hydrogen-bond donors (Lipinski definition) is 2. The maximum Gasteiger partial charge on any atom is 0.293 e. The van der Waals surface area contributed by atoms with Crippen LogP contribution in [0.4, 0.5) is 5.82 Å². The predicted octanol–water partition coefficient (Wildman–Crippen LogP) is -0.0721. The zero-order chi connectivity index (χ0) is 18.5. The highest BCUT2D eigenvalue weighted by Crippen LogP contribution is 2.16. The van der Waals surface area contributed by atoms with Crippen LogP contribution < -0.4 is 11.2 Å². The van der Waals surface area contributed by atoms with Gasteiger partial charge in [0.05, 0.1) is 18.0 Å². The minimum absolute atomic E-state index is 0.00299. The normalized spacial score (nSPS) is 11.5. The number of hydrogen-bond acceptors (Lipinski definition) is 10. The summed E-state index contributed by atoms with van der Waals surface area (Å²) in [6.07, 6.45) is 1.63. The van der Waals surface area contributed by atoms with Crippen molar-refractivity contribution in [2.24, 2.45) is 5.10 Å². The van der Waals surface area contributed by atoms with Crippen LogP contribution in [0.25, 0.3) is 5.82 Å². The van der Waals surface area contributed by atoms with E-state index in [1.54, 1.807) is 25.3 Å². The molecule has 0 radical (unpaired) electrons. The largest absolute Gasteiger partial charge is 0.378 e. The molecular weight excluding hydrogens is 342 g/mol. The first-order chi connectivity index (χ1) is 12.6. The van der Waals surface area contributed by atoms with Gasteiger partial charge in [-0.1, -0.05) is 11.3 Å². The fourth-order valence-corrected chi connectivity index (χ4v) is 2.07. The van der Waals surface area contributed by atoms with Crippen LogP contribution in [0.5, 0.6) is 0 Å². The number of rotatable bonds is 6. The number of nitrogens with one attached hydrogen (secondary N) is 1. The summed E-state index contributed by atoms with van der Waals surface area (Å²) in [4.78, 5) is 16.6. The van der Waals surface area contributed by atoms with Crippen molar-refractivity contribution in [3.8, 4) is 5.82 Å². The molecule has 3 aromatic rings. The van der Waals surface area contributed by atoms with Gasteiger partial charge in [0.25, 0.3) is 5.91 Å². The molecule has 0 aliphatic heterocycles. The van der Waals surface area contributed by atoms with E-state index in [-0.39, 0.29) is 23.9 Å². The highest BCUT2D eigenvalue weighted by molar-refractivity contribution is 5.99. The molecule has 3 aromatic heterocycles. The topological polar surface area (TPSA) is 159 Å². The number of aromatic nitrogens is 6. The SMILES string of the molecule is COCc1c(C(=O)N/N=C(\C)c2ccccn2)nnn1-c1nonc1N. The van der Waals surface area contributed by atoms with E-state index in [0.29, 0.717) is 17.1 Å². The number of ether oxygens (including phenoxy) is 1. The van der Waals surface area contributed by atoms with E-state index in [9.17, 15) is 4.79 Å². The van der Waals surface area contributed by atoms with Crippen molar-refractivity contribution >= 4 is 17.4 Å². The van der Waals surface area contributed by atoms with Crippen molar-refractivity contribution in [1.82, 2.24) is 35.7 Å². The van der Waals surface area contributed by atoms with Crippen LogP contribution in [0.2, 0.25) is 0 Å². The lowest BCUT2D eigenvalue weighted by molar-refractivity contribution is 0.0944. The Labute approximate surface area is 147 Å². The first kappa shape index (κ1) is 17.2. The van der Waals surface area contributed by atoms with Crippen molar-refractivity contribution in [2.75, 3.05) is 12.8 Å². The molecular formula is C14H15N9O3. The minimum Gasteiger partial charge on any atom is -0.378 e. The van der Waals surface area contributed by atoms with Crippen LogP contribution in [0.15, 0.2) is 34.1 Å². The van der Waals surface area contributed by atoms with E-state index >= 15 is 0 Å². The van der Waals surface area contributed by atoms with Crippen LogP contribution in [0, 0.1) is 0 Å². The van der Waals surface area contributed by atoms with E-state index in [1.807, 2.05) is 6.07 Å². The Morgan fingerprint density at radius 1 is 1.42 bits per heavy atom. The Balaban J connectivity index is 1.86. The fraction of sp³-hybridized carbons (Fsp3) is 0.214. The highest BCUT2D eigenvalue weighted by Gasteiger charge is 2.23. The molecule has 0 spiro atoms. The second-order valence-corrected chi connectivity index (χ2v) is 5.06. The van der Waals surface area contributed by atoms with E-state index in [2.05, 4.69) is 40.8 Å². The first-order valence-electron chi connectivity index (χ1n) is 7.39. The van der Waals surface area contributed by atoms with Crippen LogP contribution in [-0.2, 0) is 11.3 Å². The van der Waals surface area contributed by atoms with Gasteiger partial charge in [0.1, 0.15) is 5.69 Å². The third-order valence-electron chi connectivity index (χ3n) is 3.32. The van der Waals surface area contributed by atoms with E-state index in [0.717, 1.165) is 0 Å². The van der Waals surface area contributed by atoms with Crippen LogP contribution >= 0.6 is 0 Å². The third kappa shape index (κ3) is 3.39. The zero-order valence-electron chi connectivity index (χ0n) is 13.9. The Bertz CT molecular complexity index is 932. The van der Waals surface area contributed by atoms with Crippen LogP contribution in [-0.4, -0.2) is 49.0 Å². The lowest BCUT2D eigenvalue weighted by Gasteiger charge is -2.04. The lowest BCUT2D eigenvalue weighted by Crippen LogP contribution is -2.22. The minimum atomic E-state index is -0.575. The lowest BCUT2D eigenvalue weighted by atomic mass is 10.3. The molecule has 0 saturated carbocycles. The van der Waals surface area contributed by atoms with E-state index in [4.69, 9.17) is 10.5 Å². The molecule has 3 heterocycles. The molecule has 0 saturated heterocycles. The van der Waals surface area contributed by atoms with Crippen LogP contribution in [0.3, 0.4) is 0 Å². The number of pyridine rings is 1. The molecule has 26 heavy (non-hydrogen) atoms. The number of hydrazone groups is 1. The van der Waals surface area contributed by atoms with Crippen molar-refractivity contribution < 1.29 is 14.2 Å². The number of nitrogen functional groups attached to an aromatic ring is 1. The summed E-state index contributed by atoms with van der Waals surface area (Å²) in [7, 11) is 1.47. The van der Waals surface area contributed by atoms with Gasteiger partial charge in [0.2, 0.25) is 11.6 Å². The Kier molecular flexibility index (Phi) is 4.94. The Hall–Kier alpha value is -3.67. The second kappa shape index (κ2) is 7.48. The number of carbonyl (C=O) groups excluding carboxylic acids is 1. The second-order valence-electron chi connectivity index (χ2n) is 5.06. The summed E-state index contributed by atoms with van der Waals surface area (Å²) in [5.74, 6) is -0.464. The van der Waals surface area contributed by atoms with Crippen molar-refractivity contribution in [1.29, 1.82) is 0 Å². The smallest absolute Gasteiger partial charge is 0.293 e. The molecule has 12 heteroatoms. The molecule has 0 aliphatic carbocycles. The number of carbonyl (C=O) groups is 1. The molecule has 3 rings (SSSR count). The molecule has 3 N–H and O–H groups in total. The summed E-state index contributed by atoms with van der Waals surface area (Å²) >= 11 is 0. The molecule has 0 unspecified atom stereocenters. The predicted molar refractivity (Wildman–Crippen MR) is 88.3 cm³/mol. The number of amides is 1. The zero-order valence-corrected chi connectivity index (χ0v) is 13.9. The monoisotopic (exact) mass is 357 g/mol. The summed E-state index contributed by atoms with van der Waals surface area (Å²) in [6, 6.07) is 5.38. The van der Waals surface area contributed by atoms with Gasteiger partial charge in [-0.15, -0.1) is 5.10 Å². The standard InChI is InChI=1S/C14H15N9O3/c1-8(9-5-3-4-6-16-9)17-19-14(24)11-10(7-25-2)23(22-18-11)13-12(15)20-26-21-13/h3-6H,7H2,1-2H3,(H2,15,20)(H,19,24)/b17-8+. The third-order valence-corrected chi connectivity index (χ3v) is 3.32. The highest BCUT2D eigenvalue weighted by atomic mass is 16.6. The molecule has 0 bridgehead atoms. The van der Waals surface area contributed by atoms with Crippen molar-refractivity contribution in [3.05, 3.63) is 41.5 Å². The van der Waals surface area contributed by atoms with Gasteiger partial charge in [-0.25, -0.2) is 10.1 Å². The molecule has 134 valence electrons. The maximum absolute atomic E-state index is 12.4. The van der Waals surface area contributed by atoms with Gasteiger partial charge in [-0.05, 0) is 29.4 Å². The number of nitrogens with two attached hydrogens (primary N) is 1. The van der Waals surface area contributed by atoms with Gasteiger partial charge >= 0.3 is 0 Å². The number of methoxy groups -OCH3 is 1. The quantitative estimate of drug-likeness (QED) is 0.454.